The van der Waals surface area contributed by atoms with Gasteiger partial charge in [-0.15, -0.1) is 0 Å². The van der Waals surface area contributed by atoms with E-state index < -0.39 is 0 Å². The van der Waals surface area contributed by atoms with E-state index in [1.54, 1.807) is 0 Å². The van der Waals surface area contributed by atoms with Crippen LogP contribution < -0.4 is 5.73 Å². The zero-order chi connectivity index (χ0) is 10.7. The second kappa shape index (κ2) is 5.16. The Hall–Kier alpha value is -0.0400. The summed E-state index contributed by atoms with van der Waals surface area (Å²) in [6.07, 6.45) is 4.01. The van der Waals surface area contributed by atoms with E-state index in [1.165, 1.54) is 19.3 Å². The quantitative estimate of drug-likeness (QED) is 0.719. The molecule has 0 amide bonds. The molecule has 1 heteroatoms. The Morgan fingerprint density at radius 2 is 1.64 bits per heavy atom. The lowest BCUT2D eigenvalue weighted by molar-refractivity contribution is -0.0283. The third-order valence-electron chi connectivity index (χ3n) is 4.65. The summed E-state index contributed by atoms with van der Waals surface area (Å²) < 4.78 is 0. The van der Waals surface area contributed by atoms with Crippen LogP contribution in [0, 0.1) is 29.6 Å². The first-order chi connectivity index (χ1) is 6.63. The van der Waals surface area contributed by atoms with Crippen LogP contribution in [0.4, 0.5) is 0 Å². The first kappa shape index (κ1) is 12.0. The van der Waals surface area contributed by atoms with Crippen LogP contribution in [0.5, 0.6) is 0 Å². The van der Waals surface area contributed by atoms with Crippen LogP contribution in [0.1, 0.15) is 47.0 Å². The van der Waals surface area contributed by atoms with Crippen molar-refractivity contribution in [1.82, 2.24) is 0 Å². The summed E-state index contributed by atoms with van der Waals surface area (Å²) in [6, 6.07) is 0. The molecule has 0 aromatic heterocycles. The lowest BCUT2D eigenvalue weighted by Gasteiger charge is -2.51. The highest BCUT2D eigenvalue weighted by atomic mass is 14.6. The van der Waals surface area contributed by atoms with Crippen molar-refractivity contribution in [3.63, 3.8) is 0 Å². The highest BCUT2D eigenvalue weighted by molar-refractivity contribution is 4.93. The largest absolute Gasteiger partial charge is 0.330 e. The van der Waals surface area contributed by atoms with E-state index in [0.29, 0.717) is 0 Å². The fourth-order valence-electron chi connectivity index (χ4n) is 3.31. The Kier molecular flexibility index (Phi) is 4.43. The van der Waals surface area contributed by atoms with Crippen LogP contribution in [-0.2, 0) is 0 Å². The van der Waals surface area contributed by atoms with E-state index in [-0.39, 0.29) is 0 Å². The summed E-state index contributed by atoms with van der Waals surface area (Å²) in [6.45, 7) is 10.4. The first-order valence-corrected chi connectivity index (χ1v) is 6.33. The second-order valence-electron chi connectivity index (χ2n) is 5.29. The van der Waals surface area contributed by atoms with Crippen LogP contribution in [0.2, 0.25) is 0 Å². The van der Waals surface area contributed by atoms with Crippen LogP contribution >= 0.6 is 0 Å². The summed E-state index contributed by atoms with van der Waals surface area (Å²) >= 11 is 0. The molecule has 0 spiro atoms. The number of nitrogens with two attached hydrogens (primary N) is 1. The van der Waals surface area contributed by atoms with Crippen molar-refractivity contribution in [1.29, 1.82) is 0 Å². The normalized spacial score (nSPS) is 39.2. The average molecular weight is 197 g/mol. The highest BCUT2D eigenvalue weighted by Gasteiger charge is 2.44. The zero-order valence-electron chi connectivity index (χ0n) is 10.3. The molecule has 1 saturated carbocycles. The van der Waals surface area contributed by atoms with Crippen molar-refractivity contribution in [2.45, 2.75) is 47.0 Å². The van der Waals surface area contributed by atoms with E-state index in [2.05, 4.69) is 27.7 Å². The first-order valence-electron chi connectivity index (χ1n) is 6.33. The molecular weight excluding hydrogens is 170 g/mol. The molecule has 0 heterocycles. The maximum atomic E-state index is 5.89. The zero-order valence-corrected chi connectivity index (χ0v) is 10.3. The van der Waals surface area contributed by atoms with Crippen molar-refractivity contribution in [2.24, 2.45) is 35.3 Å². The number of rotatable bonds is 5. The number of hydrogen-bond donors (Lipinski definition) is 1. The SMILES string of the molecule is CCCCC(CN)C1C(C)C(C)C1C. The molecule has 0 aromatic rings. The Balaban J connectivity index is 2.44. The minimum absolute atomic E-state index is 0.788. The molecule has 14 heavy (non-hydrogen) atoms. The molecule has 2 N–H and O–H groups in total. The predicted molar refractivity (Wildman–Crippen MR) is 63.1 cm³/mol. The van der Waals surface area contributed by atoms with Gasteiger partial charge in [-0.1, -0.05) is 40.5 Å². The van der Waals surface area contributed by atoms with Gasteiger partial charge in [0.15, 0.2) is 0 Å². The molecule has 1 aliphatic rings. The molecule has 1 nitrogen and oxygen atoms in total. The topological polar surface area (TPSA) is 26.0 Å². The summed E-state index contributed by atoms with van der Waals surface area (Å²) in [5.74, 6) is 4.40. The molecule has 1 aliphatic carbocycles. The van der Waals surface area contributed by atoms with Crippen molar-refractivity contribution in [3.8, 4) is 0 Å². The van der Waals surface area contributed by atoms with Crippen molar-refractivity contribution in [2.75, 3.05) is 6.54 Å². The van der Waals surface area contributed by atoms with E-state index >= 15 is 0 Å². The lowest BCUT2D eigenvalue weighted by atomic mass is 9.54. The molecule has 0 radical (unpaired) electrons. The standard InChI is InChI=1S/C13H27N/c1-5-6-7-12(8-14)13-10(3)9(2)11(13)4/h9-13H,5-8,14H2,1-4H3. The third-order valence-corrected chi connectivity index (χ3v) is 4.65. The highest BCUT2D eigenvalue weighted by Crippen LogP contribution is 2.50. The van der Waals surface area contributed by atoms with Gasteiger partial charge in [-0.25, -0.2) is 0 Å². The maximum Gasteiger partial charge on any atom is -0.00460 e. The molecule has 1 rings (SSSR count). The van der Waals surface area contributed by atoms with Crippen molar-refractivity contribution < 1.29 is 0 Å². The van der Waals surface area contributed by atoms with Gasteiger partial charge in [-0.3, -0.25) is 0 Å². The Bertz CT molecular complexity index is 157. The Morgan fingerprint density at radius 3 is 2.07 bits per heavy atom. The minimum Gasteiger partial charge on any atom is -0.330 e. The summed E-state index contributed by atoms with van der Waals surface area (Å²) in [4.78, 5) is 0. The Labute approximate surface area is 89.5 Å². The summed E-state index contributed by atoms with van der Waals surface area (Å²) in [5, 5.41) is 0. The smallest absolute Gasteiger partial charge is 0.00460 e. The molecule has 84 valence electrons. The predicted octanol–water partition coefficient (Wildman–Crippen LogP) is 3.29. The molecule has 0 bridgehead atoms. The van der Waals surface area contributed by atoms with E-state index in [0.717, 1.165) is 36.1 Å². The molecule has 3 atom stereocenters. The van der Waals surface area contributed by atoms with E-state index in [4.69, 9.17) is 5.73 Å². The minimum atomic E-state index is 0.788. The second-order valence-corrected chi connectivity index (χ2v) is 5.29. The third kappa shape index (κ3) is 2.13. The van der Waals surface area contributed by atoms with Gasteiger partial charge in [0.1, 0.15) is 0 Å². The maximum absolute atomic E-state index is 5.89. The van der Waals surface area contributed by atoms with Crippen LogP contribution in [0.25, 0.3) is 0 Å². The fourth-order valence-corrected chi connectivity index (χ4v) is 3.31. The molecule has 0 aromatic carbocycles. The summed E-state index contributed by atoms with van der Waals surface area (Å²) in [7, 11) is 0. The average Bonchev–Trinajstić information content (AvgIpc) is 2.22. The lowest BCUT2D eigenvalue weighted by Crippen LogP contribution is -2.48. The summed E-state index contributed by atoms with van der Waals surface area (Å²) in [5.41, 5.74) is 5.89. The van der Waals surface area contributed by atoms with Crippen LogP contribution in [0.3, 0.4) is 0 Å². The van der Waals surface area contributed by atoms with Gasteiger partial charge >= 0.3 is 0 Å². The van der Waals surface area contributed by atoms with Crippen LogP contribution in [-0.4, -0.2) is 6.54 Å². The molecular formula is C13H27N. The number of unbranched alkanes of at least 4 members (excludes halogenated alkanes) is 1. The van der Waals surface area contributed by atoms with Gasteiger partial charge in [-0.2, -0.15) is 0 Å². The van der Waals surface area contributed by atoms with Gasteiger partial charge in [0.25, 0.3) is 0 Å². The van der Waals surface area contributed by atoms with Gasteiger partial charge in [-0.05, 0) is 42.6 Å². The van der Waals surface area contributed by atoms with E-state index in [9.17, 15) is 0 Å². The van der Waals surface area contributed by atoms with Crippen LogP contribution in [0.15, 0.2) is 0 Å². The van der Waals surface area contributed by atoms with Gasteiger partial charge in [0.2, 0.25) is 0 Å². The van der Waals surface area contributed by atoms with Crippen molar-refractivity contribution >= 4 is 0 Å². The van der Waals surface area contributed by atoms with Gasteiger partial charge in [0, 0.05) is 0 Å². The van der Waals surface area contributed by atoms with Gasteiger partial charge in [0.05, 0.1) is 0 Å². The monoisotopic (exact) mass is 197 g/mol. The molecule has 0 saturated heterocycles. The fraction of sp³-hybridized carbons (Fsp3) is 1.00. The van der Waals surface area contributed by atoms with E-state index in [1.807, 2.05) is 0 Å². The van der Waals surface area contributed by atoms with Crippen molar-refractivity contribution in [3.05, 3.63) is 0 Å². The molecule has 3 unspecified atom stereocenters. The van der Waals surface area contributed by atoms with Gasteiger partial charge < -0.3 is 5.73 Å². The molecule has 1 fully saturated rings. The Morgan fingerprint density at radius 1 is 1.07 bits per heavy atom. The molecule has 0 aliphatic heterocycles. The number of hydrogen-bond acceptors (Lipinski definition) is 1.